The molecule has 0 aliphatic carbocycles. The molecule has 9 nitrogen and oxygen atoms in total. The van der Waals surface area contributed by atoms with E-state index in [9.17, 15) is 5.11 Å². The highest BCUT2D eigenvalue weighted by molar-refractivity contribution is 5.64. The van der Waals surface area contributed by atoms with Crippen LogP contribution in [0.1, 0.15) is 26.9 Å². The van der Waals surface area contributed by atoms with E-state index in [1.807, 2.05) is 35.9 Å². The van der Waals surface area contributed by atoms with Crippen LogP contribution in [0, 0.1) is 12.8 Å². The number of aliphatic hydroxyl groups is 1. The van der Waals surface area contributed by atoms with Crippen molar-refractivity contribution in [2.75, 3.05) is 43.6 Å². The van der Waals surface area contributed by atoms with Crippen LogP contribution in [0.5, 0.6) is 11.5 Å². The maximum atomic E-state index is 9.34. The summed E-state index contributed by atoms with van der Waals surface area (Å²) in [7, 11) is 1.65. The van der Waals surface area contributed by atoms with Crippen molar-refractivity contribution in [1.82, 2.24) is 19.5 Å². The lowest BCUT2D eigenvalue weighted by Gasteiger charge is -2.32. The Morgan fingerprint density at radius 3 is 2.94 bits per heavy atom. The zero-order valence-corrected chi connectivity index (χ0v) is 18.8. The maximum Gasteiger partial charge on any atom is 0.229 e. The van der Waals surface area contributed by atoms with Crippen molar-refractivity contribution in [3.63, 3.8) is 0 Å². The highest BCUT2D eigenvalue weighted by Crippen LogP contribution is 2.32. The average Bonchev–Trinajstić information content (AvgIpc) is 3.25. The van der Waals surface area contributed by atoms with Gasteiger partial charge < -0.3 is 29.4 Å². The second kappa shape index (κ2) is 9.86. The molecule has 3 heterocycles. The molecule has 4 rings (SSSR count). The minimum Gasteiger partial charge on any atom is -0.494 e. The fraction of sp³-hybridized carbons (Fsp3) is 0.435. The first-order valence-corrected chi connectivity index (χ1v) is 10.9. The number of ether oxygens (including phenoxy) is 2. The number of fused-ring (bicyclic) bond motifs is 1. The molecule has 32 heavy (non-hydrogen) atoms. The topological polar surface area (TPSA) is 97.6 Å². The van der Waals surface area contributed by atoms with Crippen LogP contribution in [0.3, 0.4) is 0 Å². The molecule has 0 bridgehead atoms. The Morgan fingerprint density at radius 2 is 2.22 bits per heavy atom. The van der Waals surface area contributed by atoms with Gasteiger partial charge in [-0.05, 0) is 31.4 Å². The highest BCUT2D eigenvalue weighted by Gasteiger charge is 2.23. The van der Waals surface area contributed by atoms with Crippen molar-refractivity contribution in [3.05, 3.63) is 42.6 Å². The third-order valence-electron chi connectivity index (χ3n) is 5.67. The van der Waals surface area contributed by atoms with Crippen molar-refractivity contribution in [2.24, 2.45) is 5.92 Å². The number of hydrogen-bond donors (Lipinski definition) is 2. The first-order valence-electron chi connectivity index (χ1n) is 10.9. The largest absolute Gasteiger partial charge is 0.494 e. The van der Waals surface area contributed by atoms with Gasteiger partial charge in [0, 0.05) is 32.5 Å². The number of aromatic nitrogens is 4. The number of aliphatic hydroxyl groups excluding tert-OH is 1. The van der Waals surface area contributed by atoms with E-state index in [0.717, 1.165) is 48.8 Å². The maximum absolute atomic E-state index is 9.34. The van der Waals surface area contributed by atoms with Crippen molar-refractivity contribution in [3.8, 4) is 17.2 Å². The van der Waals surface area contributed by atoms with Crippen molar-refractivity contribution >= 4 is 17.5 Å². The number of methoxy groups -OCH3 is 1. The Hall–Kier alpha value is -3.33. The Labute approximate surface area is 189 Å². The van der Waals surface area contributed by atoms with Gasteiger partial charge in [-0.2, -0.15) is 4.98 Å². The van der Waals surface area contributed by atoms with Gasteiger partial charge in [-0.15, -0.1) is 0 Å². The van der Waals surface area contributed by atoms with Gasteiger partial charge in [-0.25, -0.2) is 9.97 Å². The minimum absolute atomic E-state index is 0. The molecule has 1 atom stereocenters. The SMILES string of the molecule is CCC(CCO)CN1CCOc2cnc(Nc3ccc(-n4cnc(C)c4)c(OC)c3)nc21.[HH]. The third-order valence-corrected chi connectivity index (χ3v) is 5.67. The summed E-state index contributed by atoms with van der Waals surface area (Å²) in [5, 5.41) is 12.6. The summed E-state index contributed by atoms with van der Waals surface area (Å²) in [6, 6.07) is 5.84. The summed E-state index contributed by atoms with van der Waals surface area (Å²) in [4.78, 5) is 15.7. The first-order chi connectivity index (χ1) is 15.6. The number of hydrogen-bond acceptors (Lipinski definition) is 8. The van der Waals surface area contributed by atoms with Gasteiger partial charge in [-0.1, -0.05) is 13.3 Å². The molecular weight excluding hydrogens is 408 g/mol. The summed E-state index contributed by atoms with van der Waals surface area (Å²) in [5.74, 6) is 3.07. The van der Waals surface area contributed by atoms with E-state index in [4.69, 9.17) is 14.5 Å². The van der Waals surface area contributed by atoms with Gasteiger partial charge in [0.2, 0.25) is 5.95 Å². The quantitative estimate of drug-likeness (QED) is 0.521. The number of rotatable bonds is 9. The van der Waals surface area contributed by atoms with Crippen LogP contribution in [-0.4, -0.2) is 58.0 Å². The number of imidazole rings is 1. The second-order valence-electron chi connectivity index (χ2n) is 7.90. The number of benzene rings is 1. The van der Waals surface area contributed by atoms with E-state index >= 15 is 0 Å². The summed E-state index contributed by atoms with van der Waals surface area (Å²) in [5.41, 5.74) is 2.66. The molecule has 0 amide bonds. The normalized spacial score (nSPS) is 13.9. The molecule has 0 saturated carbocycles. The average molecular weight is 441 g/mol. The van der Waals surface area contributed by atoms with Gasteiger partial charge in [0.15, 0.2) is 11.6 Å². The van der Waals surface area contributed by atoms with Crippen molar-refractivity contribution in [1.29, 1.82) is 0 Å². The highest BCUT2D eigenvalue weighted by atomic mass is 16.5. The lowest BCUT2D eigenvalue weighted by atomic mass is 10.0. The summed E-state index contributed by atoms with van der Waals surface area (Å²) in [6.07, 6.45) is 7.21. The van der Waals surface area contributed by atoms with Gasteiger partial charge in [-0.3, -0.25) is 0 Å². The van der Waals surface area contributed by atoms with Crippen LogP contribution in [0.25, 0.3) is 5.69 Å². The Kier molecular flexibility index (Phi) is 6.75. The standard InChI is InChI=1S/C23H30N6O3.H2/c1-4-17(7-9-30)14-28-8-10-32-21-12-24-23(27-22(21)28)26-18-5-6-19(20(11-18)31-3)29-13-16(2)25-15-29;/h5-6,11-13,15,17,30H,4,7-10,14H2,1-3H3,(H,24,26,27);1H. The van der Waals surface area contributed by atoms with Crippen LogP contribution in [0.15, 0.2) is 36.9 Å². The van der Waals surface area contributed by atoms with E-state index in [1.165, 1.54) is 0 Å². The molecule has 0 spiro atoms. The molecule has 0 saturated heterocycles. The molecule has 1 aliphatic rings. The molecule has 172 valence electrons. The molecule has 1 aliphatic heterocycles. The first kappa shape index (κ1) is 21.9. The van der Waals surface area contributed by atoms with E-state index < -0.39 is 0 Å². The molecule has 1 aromatic carbocycles. The number of nitrogens with zero attached hydrogens (tertiary/aromatic N) is 5. The predicted molar refractivity (Wildman–Crippen MR) is 125 cm³/mol. The van der Waals surface area contributed by atoms with Crippen LogP contribution < -0.4 is 19.7 Å². The van der Waals surface area contributed by atoms with Crippen molar-refractivity contribution in [2.45, 2.75) is 26.7 Å². The lowest BCUT2D eigenvalue weighted by Crippen LogP contribution is -2.37. The monoisotopic (exact) mass is 440 g/mol. The van der Waals surface area contributed by atoms with Crippen LogP contribution in [0.2, 0.25) is 0 Å². The molecule has 0 radical (unpaired) electrons. The summed E-state index contributed by atoms with van der Waals surface area (Å²) in [6.45, 7) is 6.49. The molecular formula is C23H32N6O3. The Morgan fingerprint density at radius 1 is 1.34 bits per heavy atom. The smallest absolute Gasteiger partial charge is 0.229 e. The van der Waals surface area contributed by atoms with E-state index in [-0.39, 0.29) is 8.03 Å². The lowest BCUT2D eigenvalue weighted by molar-refractivity contribution is 0.249. The molecule has 0 fully saturated rings. The van der Waals surface area contributed by atoms with Crippen LogP contribution in [0.4, 0.5) is 17.5 Å². The van der Waals surface area contributed by atoms with Gasteiger partial charge in [0.05, 0.1) is 37.6 Å². The summed E-state index contributed by atoms with van der Waals surface area (Å²) >= 11 is 0. The van der Waals surface area contributed by atoms with Crippen molar-refractivity contribution < 1.29 is 16.0 Å². The second-order valence-corrected chi connectivity index (χ2v) is 7.90. The molecule has 2 N–H and O–H groups in total. The van der Waals surface area contributed by atoms with E-state index in [2.05, 4.69) is 27.1 Å². The van der Waals surface area contributed by atoms with E-state index in [1.54, 1.807) is 19.6 Å². The molecule has 2 aromatic heterocycles. The molecule has 1 unspecified atom stereocenters. The van der Waals surface area contributed by atoms with Gasteiger partial charge in [0.1, 0.15) is 12.4 Å². The zero-order chi connectivity index (χ0) is 22.5. The Bertz CT molecular complexity index is 1060. The summed E-state index contributed by atoms with van der Waals surface area (Å²) < 4.78 is 13.3. The number of nitrogens with one attached hydrogen (secondary N) is 1. The molecule has 9 heteroatoms. The van der Waals surface area contributed by atoms with Gasteiger partial charge >= 0.3 is 0 Å². The number of anilines is 3. The minimum atomic E-state index is 0. The number of aryl methyl sites for hydroxylation is 1. The van der Waals surface area contributed by atoms with Crippen LogP contribution in [-0.2, 0) is 0 Å². The predicted octanol–water partition coefficient (Wildman–Crippen LogP) is 3.58. The van der Waals surface area contributed by atoms with Gasteiger partial charge in [0.25, 0.3) is 0 Å². The third kappa shape index (κ3) is 4.77. The fourth-order valence-electron chi connectivity index (χ4n) is 3.87. The van der Waals surface area contributed by atoms with E-state index in [0.29, 0.717) is 30.0 Å². The Balaban J connectivity index is 0.00000306. The molecule has 3 aromatic rings. The zero-order valence-electron chi connectivity index (χ0n) is 18.8. The fourth-order valence-corrected chi connectivity index (χ4v) is 3.87. The van der Waals surface area contributed by atoms with Crippen LogP contribution >= 0.6 is 0 Å².